The van der Waals surface area contributed by atoms with Crippen molar-refractivity contribution >= 4 is 17.5 Å². The van der Waals surface area contributed by atoms with Crippen molar-refractivity contribution in [2.24, 2.45) is 0 Å². The second-order valence-corrected chi connectivity index (χ2v) is 5.09. The van der Waals surface area contributed by atoms with Crippen molar-refractivity contribution < 1.29 is 14.3 Å². The summed E-state index contributed by atoms with van der Waals surface area (Å²) in [4.78, 5) is 11.4. The van der Waals surface area contributed by atoms with Gasteiger partial charge in [0.1, 0.15) is 11.5 Å². The number of ether oxygens (including phenoxy) is 2. The van der Waals surface area contributed by atoms with Crippen LogP contribution in [-0.4, -0.2) is 32.0 Å². The van der Waals surface area contributed by atoms with Crippen LogP contribution in [0.25, 0.3) is 0 Å². The normalized spacial score (nSPS) is 10.2. The predicted molar refractivity (Wildman–Crippen MR) is 85.4 cm³/mol. The summed E-state index contributed by atoms with van der Waals surface area (Å²) in [6.45, 7) is 3.39. The highest BCUT2D eigenvalue weighted by Crippen LogP contribution is 2.25. The van der Waals surface area contributed by atoms with Crippen LogP contribution in [0.1, 0.15) is 31.7 Å². The van der Waals surface area contributed by atoms with E-state index in [-0.39, 0.29) is 5.91 Å². The van der Waals surface area contributed by atoms with Gasteiger partial charge in [0.05, 0.1) is 13.7 Å². The van der Waals surface area contributed by atoms with E-state index in [0.717, 1.165) is 36.3 Å². The van der Waals surface area contributed by atoms with E-state index in [1.165, 1.54) is 0 Å². The number of halogens is 1. The molecule has 0 unspecified atom stereocenters. The number of rotatable bonds is 10. The molecule has 0 saturated carbocycles. The lowest BCUT2D eigenvalue weighted by molar-refractivity contribution is -0.120. The highest BCUT2D eigenvalue weighted by atomic mass is 35.5. The third-order valence-corrected chi connectivity index (χ3v) is 3.26. The van der Waals surface area contributed by atoms with Crippen molar-refractivity contribution in [1.82, 2.24) is 5.32 Å². The van der Waals surface area contributed by atoms with Crippen molar-refractivity contribution in [3.05, 3.63) is 23.8 Å². The average Bonchev–Trinajstić information content (AvgIpc) is 2.49. The Labute approximate surface area is 131 Å². The summed E-state index contributed by atoms with van der Waals surface area (Å²) in [6.07, 6.45) is 3.18. The first-order valence-corrected chi connectivity index (χ1v) is 7.87. The monoisotopic (exact) mass is 313 g/mol. The maximum atomic E-state index is 11.4. The van der Waals surface area contributed by atoms with Crippen LogP contribution < -0.4 is 14.8 Å². The quantitative estimate of drug-likeness (QED) is 0.533. The van der Waals surface area contributed by atoms with Gasteiger partial charge in [-0.3, -0.25) is 4.79 Å². The molecule has 1 rings (SSSR count). The van der Waals surface area contributed by atoms with Crippen LogP contribution >= 0.6 is 11.6 Å². The molecule has 0 aliphatic heterocycles. The first kappa shape index (κ1) is 17.6. The van der Waals surface area contributed by atoms with E-state index in [1.54, 1.807) is 7.11 Å². The van der Waals surface area contributed by atoms with E-state index in [9.17, 15) is 4.79 Å². The molecule has 0 aliphatic rings. The molecular formula is C16H24ClNO3. The molecule has 1 amide bonds. The molecule has 0 spiro atoms. The molecule has 21 heavy (non-hydrogen) atoms. The Balaban J connectivity index is 2.59. The molecule has 118 valence electrons. The number of methoxy groups -OCH3 is 1. The van der Waals surface area contributed by atoms with Crippen molar-refractivity contribution in [3.63, 3.8) is 0 Å². The zero-order valence-electron chi connectivity index (χ0n) is 12.8. The molecule has 0 radical (unpaired) electrons. The number of benzene rings is 1. The van der Waals surface area contributed by atoms with E-state index >= 15 is 0 Å². The number of hydrogen-bond acceptors (Lipinski definition) is 3. The SMILES string of the molecule is CCCCOc1cc(OC)ccc1CCNC(=O)CCCl. The molecular weight excluding hydrogens is 290 g/mol. The summed E-state index contributed by atoms with van der Waals surface area (Å²) in [7, 11) is 1.64. The largest absolute Gasteiger partial charge is 0.497 e. The lowest BCUT2D eigenvalue weighted by atomic mass is 10.1. The molecule has 0 aliphatic carbocycles. The number of amides is 1. The minimum atomic E-state index is -0.0213. The van der Waals surface area contributed by atoms with Gasteiger partial charge in [-0.2, -0.15) is 0 Å². The summed E-state index contributed by atoms with van der Waals surface area (Å²) < 4.78 is 11.0. The minimum Gasteiger partial charge on any atom is -0.497 e. The smallest absolute Gasteiger partial charge is 0.221 e. The molecule has 0 aromatic heterocycles. The number of nitrogens with one attached hydrogen (secondary N) is 1. The van der Waals surface area contributed by atoms with Crippen molar-refractivity contribution in [1.29, 1.82) is 0 Å². The van der Waals surface area contributed by atoms with Crippen LogP contribution in [-0.2, 0) is 11.2 Å². The Hall–Kier alpha value is -1.42. The summed E-state index contributed by atoms with van der Waals surface area (Å²) in [5, 5.41) is 2.84. The Morgan fingerprint density at radius 2 is 2.19 bits per heavy atom. The fourth-order valence-corrected chi connectivity index (χ4v) is 2.01. The van der Waals surface area contributed by atoms with Crippen LogP contribution in [0, 0.1) is 0 Å². The number of carbonyl (C=O) groups is 1. The Bertz CT molecular complexity index is 438. The van der Waals surface area contributed by atoms with Crippen LogP contribution in [0.4, 0.5) is 0 Å². The minimum absolute atomic E-state index is 0.0213. The number of alkyl halides is 1. The molecule has 5 heteroatoms. The molecule has 4 nitrogen and oxygen atoms in total. The van der Waals surface area contributed by atoms with Gasteiger partial charge in [0, 0.05) is 24.9 Å². The Morgan fingerprint density at radius 1 is 1.38 bits per heavy atom. The summed E-state index contributed by atoms with van der Waals surface area (Å²) >= 11 is 5.53. The molecule has 0 saturated heterocycles. The second kappa shape index (κ2) is 10.3. The lowest BCUT2D eigenvalue weighted by Gasteiger charge is -2.13. The fourth-order valence-electron chi connectivity index (χ4n) is 1.84. The lowest BCUT2D eigenvalue weighted by Crippen LogP contribution is -2.25. The van der Waals surface area contributed by atoms with Gasteiger partial charge in [0.25, 0.3) is 0 Å². The van der Waals surface area contributed by atoms with E-state index in [2.05, 4.69) is 12.2 Å². The average molecular weight is 314 g/mol. The highest BCUT2D eigenvalue weighted by molar-refractivity contribution is 6.18. The van der Waals surface area contributed by atoms with Gasteiger partial charge in [0.2, 0.25) is 5.91 Å². The molecule has 1 N–H and O–H groups in total. The van der Waals surface area contributed by atoms with Gasteiger partial charge in [-0.1, -0.05) is 19.4 Å². The molecule has 0 atom stereocenters. The zero-order chi connectivity index (χ0) is 15.5. The summed E-state index contributed by atoms with van der Waals surface area (Å²) in [5.41, 5.74) is 1.07. The van der Waals surface area contributed by atoms with Gasteiger partial charge in [-0.25, -0.2) is 0 Å². The first-order chi connectivity index (χ1) is 10.2. The van der Waals surface area contributed by atoms with Gasteiger partial charge < -0.3 is 14.8 Å². The van der Waals surface area contributed by atoms with E-state index < -0.39 is 0 Å². The topological polar surface area (TPSA) is 47.6 Å². The molecule has 0 bridgehead atoms. The van der Waals surface area contributed by atoms with Crippen LogP contribution in [0.15, 0.2) is 18.2 Å². The number of unbranched alkanes of at least 4 members (excludes halogenated alkanes) is 1. The predicted octanol–water partition coefficient (Wildman–Crippen LogP) is 3.16. The summed E-state index contributed by atoms with van der Waals surface area (Å²) in [5.74, 6) is 1.93. The van der Waals surface area contributed by atoms with Gasteiger partial charge in [0.15, 0.2) is 0 Å². The third kappa shape index (κ3) is 6.71. The van der Waals surface area contributed by atoms with Crippen LogP contribution in [0.5, 0.6) is 11.5 Å². The summed E-state index contributed by atoms with van der Waals surface area (Å²) in [6, 6.07) is 5.78. The standard InChI is InChI=1S/C16H24ClNO3/c1-3-4-11-21-15-12-14(20-2)6-5-13(15)8-10-18-16(19)7-9-17/h5-6,12H,3-4,7-11H2,1-2H3,(H,18,19). The van der Waals surface area contributed by atoms with E-state index in [0.29, 0.717) is 25.5 Å². The Morgan fingerprint density at radius 3 is 2.86 bits per heavy atom. The van der Waals surface area contributed by atoms with Crippen molar-refractivity contribution in [2.45, 2.75) is 32.6 Å². The Kier molecular flexibility index (Phi) is 8.67. The fraction of sp³-hybridized carbons (Fsp3) is 0.562. The van der Waals surface area contributed by atoms with Crippen molar-refractivity contribution in [2.75, 3.05) is 26.1 Å². The van der Waals surface area contributed by atoms with Gasteiger partial charge in [-0.15, -0.1) is 11.6 Å². The maximum absolute atomic E-state index is 11.4. The van der Waals surface area contributed by atoms with Crippen LogP contribution in [0.3, 0.4) is 0 Å². The number of hydrogen-bond donors (Lipinski definition) is 1. The highest BCUT2D eigenvalue weighted by Gasteiger charge is 2.07. The van der Waals surface area contributed by atoms with Gasteiger partial charge >= 0.3 is 0 Å². The van der Waals surface area contributed by atoms with Crippen LogP contribution in [0.2, 0.25) is 0 Å². The first-order valence-electron chi connectivity index (χ1n) is 7.33. The molecule has 1 aromatic carbocycles. The van der Waals surface area contributed by atoms with Gasteiger partial charge in [-0.05, 0) is 24.5 Å². The molecule has 1 aromatic rings. The van der Waals surface area contributed by atoms with E-state index in [1.807, 2.05) is 18.2 Å². The molecule has 0 fully saturated rings. The van der Waals surface area contributed by atoms with Crippen molar-refractivity contribution in [3.8, 4) is 11.5 Å². The van der Waals surface area contributed by atoms with E-state index in [4.69, 9.17) is 21.1 Å². The third-order valence-electron chi connectivity index (χ3n) is 3.07. The molecule has 0 heterocycles. The second-order valence-electron chi connectivity index (χ2n) is 4.71. The maximum Gasteiger partial charge on any atom is 0.221 e. The number of carbonyl (C=O) groups excluding carboxylic acids is 1. The zero-order valence-corrected chi connectivity index (χ0v) is 13.5.